The van der Waals surface area contributed by atoms with Crippen molar-refractivity contribution < 1.29 is 18.3 Å². The standard InChI is InChI=1S/C17H20F2N6O2/c18-17(19)27-14-6-5-11(8-24-14)25-15(21)12(16(22)26)9-23-13-4-2-1-3-10(13)7-20/h5-6,8-10,13,17,23H,1-4H2,(H2,21,25)(H2,22,26)/b12-9+/t10-,13+/m1/s1. The number of halogens is 2. The van der Waals surface area contributed by atoms with Gasteiger partial charge in [-0.3, -0.25) is 4.79 Å². The maximum Gasteiger partial charge on any atom is 0.388 e. The summed E-state index contributed by atoms with van der Waals surface area (Å²) in [7, 11) is 0. The van der Waals surface area contributed by atoms with Gasteiger partial charge in [-0.15, -0.1) is 0 Å². The first-order valence-corrected chi connectivity index (χ1v) is 8.31. The maximum atomic E-state index is 12.1. The smallest absolute Gasteiger partial charge is 0.388 e. The summed E-state index contributed by atoms with van der Waals surface area (Å²) in [6, 6.07) is 4.71. The van der Waals surface area contributed by atoms with Gasteiger partial charge in [0.25, 0.3) is 5.91 Å². The minimum atomic E-state index is -2.98. The highest BCUT2D eigenvalue weighted by atomic mass is 19.3. The van der Waals surface area contributed by atoms with Gasteiger partial charge >= 0.3 is 6.61 Å². The van der Waals surface area contributed by atoms with Crippen molar-refractivity contribution in [2.24, 2.45) is 22.4 Å². The van der Waals surface area contributed by atoms with E-state index in [1.807, 2.05) is 0 Å². The number of aliphatic imine (C=N–C) groups is 1. The first kappa shape index (κ1) is 20.1. The highest BCUT2D eigenvalue weighted by molar-refractivity contribution is 6.20. The van der Waals surface area contributed by atoms with E-state index in [0.29, 0.717) is 0 Å². The van der Waals surface area contributed by atoms with Gasteiger partial charge in [0.05, 0.1) is 29.4 Å². The Morgan fingerprint density at radius 1 is 1.41 bits per heavy atom. The van der Waals surface area contributed by atoms with E-state index in [-0.39, 0.29) is 34.9 Å². The third-order valence-corrected chi connectivity index (χ3v) is 4.10. The third-order valence-electron chi connectivity index (χ3n) is 4.10. The molecular weight excluding hydrogens is 358 g/mol. The van der Waals surface area contributed by atoms with Gasteiger partial charge in [0.2, 0.25) is 5.88 Å². The topological polar surface area (TPSA) is 139 Å². The molecule has 2 rings (SSSR count). The molecule has 1 aromatic rings. The molecule has 144 valence electrons. The maximum absolute atomic E-state index is 12.1. The molecule has 0 bridgehead atoms. The number of nitrogens with zero attached hydrogens (tertiary/aromatic N) is 3. The van der Waals surface area contributed by atoms with E-state index in [2.05, 4.69) is 26.1 Å². The molecule has 1 heterocycles. The van der Waals surface area contributed by atoms with Gasteiger partial charge in [-0.05, 0) is 18.9 Å². The van der Waals surface area contributed by atoms with Gasteiger partial charge in [0.15, 0.2) is 0 Å². The fraction of sp³-hybridized carbons (Fsp3) is 0.412. The lowest BCUT2D eigenvalue weighted by Gasteiger charge is -2.27. The molecule has 1 amide bonds. The molecule has 1 fully saturated rings. The van der Waals surface area contributed by atoms with Crippen LogP contribution in [0.25, 0.3) is 0 Å². The van der Waals surface area contributed by atoms with Crippen LogP contribution in [0.2, 0.25) is 0 Å². The van der Waals surface area contributed by atoms with Crippen molar-refractivity contribution in [2.75, 3.05) is 0 Å². The number of aromatic nitrogens is 1. The minimum Gasteiger partial charge on any atom is -0.417 e. The van der Waals surface area contributed by atoms with Crippen LogP contribution in [-0.4, -0.2) is 29.4 Å². The normalized spacial score (nSPS) is 20.8. The second-order valence-corrected chi connectivity index (χ2v) is 5.95. The lowest BCUT2D eigenvalue weighted by molar-refractivity contribution is -0.114. The number of hydrogen-bond acceptors (Lipinski definition) is 6. The van der Waals surface area contributed by atoms with Crippen LogP contribution in [0.15, 0.2) is 35.1 Å². The van der Waals surface area contributed by atoms with Gasteiger partial charge in [-0.25, -0.2) is 9.98 Å². The number of ether oxygens (including phenoxy) is 1. The zero-order valence-electron chi connectivity index (χ0n) is 14.4. The lowest BCUT2D eigenvalue weighted by Crippen LogP contribution is -2.37. The highest BCUT2D eigenvalue weighted by Gasteiger charge is 2.24. The van der Waals surface area contributed by atoms with Gasteiger partial charge in [0.1, 0.15) is 5.84 Å². The number of pyridine rings is 1. The average molecular weight is 378 g/mol. The van der Waals surface area contributed by atoms with Crippen LogP contribution in [0.1, 0.15) is 25.7 Å². The molecule has 27 heavy (non-hydrogen) atoms. The number of rotatable bonds is 7. The number of nitriles is 1. The van der Waals surface area contributed by atoms with Crippen LogP contribution in [0.3, 0.4) is 0 Å². The van der Waals surface area contributed by atoms with Crippen LogP contribution in [0.4, 0.5) is 14.5 Å². The molecule has 10 heteroatoms. The van der Waals surface area contributed by atoms with E-state index in [9.17, 15) is 18.8 Å². The van der Waals surface area contributed by atoms with Crippen molar-refractivity contribution in [2.45, 2.75) is 38.3 Å². The van der Waals surface area contributed by atoms with Crippen molar-refractivity contribution >= 4 is 17.4 Å². The average Bonchev–Trinajstić information content (AvgIpc) is 2.63. The Labute approximate surface area is 154 Å². The summed E-state index contributed by atoms with van der Waals surface area (Å²) in [6.07, 6.45) is 6.10. The van der Waals surface area contributed by atoms with E-state index in [4.69, 9.17) is 11.5 Å². The second kappa shape index (κ2) is 9.47. The van der Waals surface area contributed by atoms with E-state index in [0.717, 1.165) is 25.7 Å². The summed E-state index contributed by atoms with van der Waals surface area (Å²) in [6.45, 7) is -2.98. The van der Waals surface area contributed by atoms with E-state index in [1.54, 1.807) is 0 Å². The Hall–Kier alpha value is -3.22. The predicted molar refractivity (Wildman–Crippen MR) is 93.9 cm³/mol. The Balaban J connectivity index is 2.13. The first-order valence-electron chi connectivity index (χ1n) is 8.31. The zero-order chi connectivity index (χ0) is 19.8. The van der Waals surface area contributed by atoms with Crippen molar-refractivity contribution in [1.82, 2.24) is 10.3 Å². The Kier molecular flexibility index (Phi) is 7.05. The second-order valence-electron chi connectivity index (χ2n) is 5.95. The van der Waals surface area contributed by atoms with E-state index < -0.39 is 12.5 Å². The number of nitrogens with two attached hydrogens (primary N) is 2. The van der Waals surface area contributed by atoms with Crippen molar-refractivity contribution in [3.63, 3.8) is 0 Å². The number of primary amides is 1. The van der Waals surface area contributed by atoms with Crippen LogP contribution in [0, 0.1) is 17.2 Å². The summed E-state index contributed by atoms with van der Waals surface area (Å²) < 4.78 is 28.4. The Morgan fingerprint density at radius 3 is 2.74 bits per heavy atom. The zero-order valence-corrected chi connectivity index (χ0v) is 14.4. The summed E-state index contributed by atoms with van der Waals surface area (Å²) >= 11 is 0. The predicted octanol–water partition coefficient (Wildman–Crippen LogP) is 1.71. The summed E-state index contributed by atoms with van der Waals surface area (Å²) in [4.78, 5) is 19.4. The fourth-order valence-corrected chi connectivity index (χ4v) is 2.75. The summed E-state index contributed by atoms with van der Waals surface area (Å²) in [5.74, 6) is -1.38. The van der Waals surface area contributed by atoms with Gasteiger partial charge in [0, 0.05) is 18.3 Å². The largest absolute Gasteiger partial charge is 0.417 e. The van der Waals surface area contributed by atoms with Gasteiger partial charge in [-0.1, -0.05) is 12.8 Å². The number of amides is 1. The Bertz CT molecular complexity index is 758. The molecule has 0 unspecified atom stereocenters. The van der Waals surface area contributed by atoms with Gasteiger partial charge in [-0.2, -0.15) is 14.0 Å². The number of alkyl halides is 2. The minimum absolute atomic E-state index is 0.0508. The molecule has 1 aliphatic rings. The molecule has 0 aromatic carbocycles. The SMILES string of the molecule is N#C[C@H]1CCCC[C@@H]1N/C=C(/C(N)=O)C(N)=Nc1ccc(OC(F)F)nc1. The van der Waals surface area contributed by atoms with E-state index in [1.165, 1.54) is 24.5 Å². The molecule has 1 aromatic heterocycles. The Morgan fingerprint density at radius 2 is 2.15 bits per heavy atom. The van der Waals surface area contributed by atoms with Crippen LogP contribution < -0.4 is 21.5 Å². The quantitative estimate of drug-likeness (QED) is 0.375. The molecular formula is C17H20F2N6O2. The molecule has 0 aliphatic heterocycles. The molecule has 5 N–H and O–H groups in total. The molecule has 0 saturated heterocycles. The number of carbonyl (C=O) groups is 1. The number of hydrogen-bond donors (Lipinski definition) is 3. The highest BCUT2D eigenvalue weighted by Crippen LogP contribution is 2.24. The van der Waals surface area contributed by atoms with Crippen molar-refractivity contribution in [3.05, 3.63) is 30.1 Å². The fourth-order valence-electron chi connectivity index (χ4n) is 2.75. The van der Waals surface area contributed by atoms with Crippen molar-refractivity contribution in [1.29, 1.82) is 5.26 Å². The first-order chi connectivity index (χ1) is 12.9. The summed E-state index contributed by atoms with van der Waals surface area (Å²) in [5.41, 5.74) is 11.4. The molecule has 0 radical (unpaired) electrons. The van der Waals surface area contributed by atoms with Gasteiger partial charge < -0.3 is 21.5 Å². The molecule has 1 saturated carbocycles. The summed E-state index contributed by atoms with van der Waals surface area (Å²) in [5, 5.41) is 12.2. The number of carbonyl (C=O) groups excluding carboxylic acids is 1. The molecule has 1 aliphatic carbocycles. The van der Waals surface area contributed by atoms with Crippen LogP contribution in [0.5, 0.6) is 5.88 Å². The van der Waals surface area contributed by atoms with Crippen LogP contribution in [-0.2, 0) is 4.79 Å². The monoisotopic (exact) mass is 378 g/mol. The molecule has 0 spiro atoms. The number of amidine groups is 1. The van der Waals surface area contributed by atoms with Crippen LogP contribution >= 0.6 is 0 Å². The van der Waals surface area contributed by atoms with E-state index >= 15 is 0 Å². The molecule has 8 nitrogen and oxygen atoms in total. The van der Waals surface area contributed by atoms with Crippen molar-refractivity contribution in [3.8, 4) is 11.9 Å². The lowest BCUT2D eigenvalue weighted by atomic mass is 9.85. The molecule has 2 atom stereocenters. The third kappa shape index (κ3) is 5.91. The number of nitrogens with one attached hydrogen (secondary N) is 1.